The van der Waals surface area contributed by atoms with Crippen molar-refractivity contribution >= 4 is 57.0 Å². The van der Waals surface area contributed by atoms with Crippen molar-refractivity contribution in [2.24, 2.45) is 0 Å². The van der Waals surface area contributed by atoms with Gasteiger partial charge in [-0.15, -0.1) is 0 Å². The summed E-state index contributed by atoms with van der Waals surface area (Å²) in [6, 6.07) is 11.3. The first kappa shape index (κ1) is 19.9. The fraction of sp³-hybridized carbons (Fsp3) is 0.150. The van der Waals surface area contributed by atoms with E-state index in [0.29, 0.717) is 22.3 Å². The molecule has 1 amide bonds. The molecule has 0 spiro atoms. The summed E-state index contributed by atoms with van der Waals surface area (Å²) in [5.74, 6) is 0.572. The summed E-state index contributed by atoms with van der Waals surface area (Å²) < 4.78 is 6.60. The third-order valence-electron chi connectivity index (χ3n) is 3.82. The molecule has 1 fully saturated rings. The van der Waals surface area contributed by atoms with Crippen LogP contribution in [-0.2, 0) is 4.79 Å². The second-order valence-corrected chi connectivity index (χ2v) is 8.36. The average Bonchev–Trinajstić information content (AvgIpc) is 2.96. The second kappa shape index (κ2) is 8.87. The molecule has 0 aromatic heterocycles. The minimum atomic E-state index is -0.256. The molecular weight excluding hydrogens is 448 g/mol. The number of hydrogen-bond acceptors (Lipinski definition) is 4. The van der Waals surface area contributed by atoms with Crippen molar-refractivity contribution in [2.75, 3.05) is 11.9 Å². The highest BCUT2D eigenvalue weighted by atomic mass is 79.9. The molecule has 1 aliphatic heterocycles. The number of thioether (sulfide) groups is 1. The number of carbonyl (C=O) groups excluding carboxylic acids is 1. The molecule has 4 nitrogen and oxygen atoms in total. The zero-order chi connectivity index (χ0) is 19.4. The Balaban J connectivity index is 1.79. The first-order chi connectivity index (χ1) is 13.0. The summed E-state index contributed by atoms with van der Waals surface area (Å²) >= 11 is 10.9. The third kappa shape index (κ3) is 5.09. The van der Waals surface area contributed by atoms with Crippen LogP contribution in [0.4, 0.5) is 5.69 Å². The second-order valence-electron chi connectivity index (χ2n) is 5.87. The van der Waals surface area contributed by atoms with E-state index in [1.54, 1.807) is 6.08 Å². The first-order valence-corrected chi connectivity index (χ1v) is 10.3. The molecule has 1 heterocycles. The maximum Gasteiger partial charge on any atom is 0.260 e. The Labute approximate surface area is 176 Å². The summed E-state index contributed by atoms with van der Waals surface area (Å²) in [4.78, 5) is 13.0. The van der Waals surface area contributed by atoms with Crippen LogP contribution < -0.4 is 15.4 Å². The van der Waals surface area contributed by atoms with Crippen LogP contribution in [0.5, 0.6) is 5.75 Å². The molecule has 0 bridgehead atoms. The van der Waals surface area contributed by atoms with Crippen LogP contribution in [0, 0.1) is 6.92 Å². The Morgan fingerprint density at radius 2 is 2.19 bits per heavy atom. The topological polar surface area (TPSA) is 50.4 Å². The normalized spacial score (nSPS) is 17.7. The van der Waals surface area contributed by atoms with E-state index in [1.807, 2.05) is 49.4 Å². The summed E-state index contributed by atoms with van der Waals surface area (Å²) in [6.07, 6.45) is 3.52. The van der Waals surface area contributed by atoms with E-state index in [9.17, 15) is 4.79 Å². The van der Waals surface area contributed by atoms with Crippen molar-refractivity contribution in [3.8, 4) is 5.75 Å². The lowest BCUT2D eigenvalue weighted by molar-refractivity contribution is -0.116. The molecule has 1 saturated heterocycles. The highest BCUT2D eigenvalue weighted by Crippen LogP contribution is 2.34. The molecule has 0 saturated carbocycles. The van der Waals surface area contributed by atoms with E-state index in [2.05, 4.69) is 33.1 Å². The third-order valence-corrected chi connectivity index (χ3v) is 5.58. The van der Waals surface area contributed by atoms with Gasteiger partial charge in [-0.3, -0.25) is 4.79 Å². The van der Waals surface area contributed by atoms with E-state index < -0.39 is 0 Å². The van der Waals surface area contributed by atoms with Gasteiger partial charge in [0.1, 0.15) is 12.4 Å². The Kier molecular flexibility index (Phi) is 6.52. The van der Waals surface area contributed by atoms with Crippen molar-refractivity contribution in [1.29, 1.82) is 0 Å². The summed E-state index contributed by atoms with van der Waals surface area (Å²) in [5.41, 5.74) is 2.51. The van der Waals surface area contributed by atoms with Gasteiger partial charge < -0.3 is 15.4 Å². The molecule has 1 atom stereocenters. The van der Waals surface area contributed by atoms with Gasteiger partial charge in [0.25, 0.3) is 5.91 Å². The van der Waals surface area contributed by atoms with Crippen LogP contribution in [0.3, 0.4) is 0 Å². The van der Waals surface area contributed by atoms with Crippen LogP contribution >= 0.6 is 39.3 Å². The smallest absolute Gasteiger partial charge is 0.260 e. The molecule has 3 rings (SSSR count). The minimum absolute atomic E-state index is 0.126. The molecular formula is C20H18BrClN2O2S. The molecule has 0 radical (unpaired) electrons. The van der Waals surface area contributed by atoms with E-state index in [4.69, 9.17) is 16.3 Å². The Morgan fingerprint density at radius 1 is 1.37 bits per heavy atom. The number of anilines is 1. The maximum absolute atomic E-state index is 12.4. The standard InChI is InChI=1S/C20H18BrClN2O2S/c1-3-8-26-17-7-4-14(21)10-13(17)11-18-19(25)24-20(27-18)23-16-6-5-15(22)9-12(16)2/h3-7,9-11,20,23H,1,8H2,2H3,(H,24,25)/b18-11-. The molecule has 140 valence electrons. The molecule has 7 heteroatoms. The first-order valence-electron chi connectivity index (χ1n) is 8.21. The van der Waals surface area contributed by atoms with Crippen LogP contribution in [0.2, 0.25) is 5.02 Å². The molecule has 2 aromatic carbocycles. The van der Waals surface area contributed by atoms with Crippen LogP contribution in [-0.4, -0.2) is 18.0 Å². The van der Waals surface area contributed by atoms with Crippen LogP contribution in [0.25, 0.3) is 6.08 Å². The quantitative estimate of drug-likeness (QED) is 0.432. The molecule has 1 unspecified atom stereocenters. The van der Waals surface area contributed by atoms with E-state index in [1.165, 1.54) is 11.8 Å². The lowest BCUT2D eigenvalue weighted by Gasteiger charge is -2.15. The zero-order valence-electron chi connectivity index (χ0n) is 14.6. The van der Waals surface area contributed by atoms with Crippen LogP contribution in [0.15, 0.2) is 58.4 Å². The number of halogens is 2. The summed E-state index contributed by atoms with van der Waals surface area (Å²) in [6.45, 7) is 6.04. The molecule has 27 heavy (non-hydrogen) atoms. The Hall–Kier alpha value is -1.89. The highest BCUT2D eigenvalue weighted by molar-refractivity contribution is 9.10. The number of aryl methyl sites for hydroxylation is 1. The predicted octanol–water partition coefficient (Wildman–Crippen LogP) is 5.58. The van der Waals surface area contributed by atoms with Crippen molar-refractivity contribution in [3.05, 3.63) is 74.6 Å². The van der Waals surface area contributed by atoms with E-state index in [0.717, 1.165) is 21.3 Å². The van der Waals surface area contributed by atoms with Gasteiger partial charge in [0.05, 0.1) is 4.91 Å². The van der Waals surface area contributed by atoms with Crippen molar-refractivity contribution in [2.45, 2.75) is 12.4 Å². The number of hydrogen-bond donors (Lipinski definition) is 2. The van der Waals surface area contributed by atoms with Gasteiger partial charge in [0.2, 0.25) is 0 Å². The number of carbonyl (C=O) groups is 1. The Morgan fingerprint density at radius 3 is 2.93 bits per heavy atom. The van der Waals surface area contributed by atoms with Crippen molar-refractivity contribution in [3.63, 3.8) is 0 Å². The van der Waals surface area contributed by atoms with Crippen molar-refractivity contribution < 1.29 is 9.53 Å². The molecule has 2 N–H and O–H groups in total. The predicted molar refractivity (Wildman–Crippen MR) is 117 cm³/mol. The van der Waals surface area contributed by atoms with Crippen LogP contribution in [0.1, 0.15) is 11.1 Å². The van der Waals surface area contributed by atoms with E-state index in [-0.39, 0.29) is 11.4 Å². The van der Waals surface area contributed by atoms with Gasteiger partial charge >= 0.3 is 0 Å². The molecule has 1 aliphatic rings. The molecule has 0 aliphatic carbocycles. The zero-order valence-corrected chi connectivity index (χ0v) is 17.7. The number of nitrogens with one attached hydrogen (secondary N) is 2. The largest absolute Gasteiger partial charge is 0.489 e. The van der Waals surface area contributed by atoms with Gasteiger partial charge in [-0.1, -0.05) is 51.9 Å². The van der Waals surface area contributed by atoms with E-state index >= 15 is 0 Å². The summed E-state index contributed by atoms with van der Waals surface area (Å²) in [5, 5.41) is 6.94. The lowest BCUT2D eigenvalue weighted by Crippen LogP contribution is -2.31. The SMILES string of the molecule is C=CCOc1ccc(Br)cc1/C=C1\SC(Nc2ccc(Cl)cc2C)NC1=O. The fourth-order valence-electron chi connectivity index (χ4n) is 2.55. The number of benzene rings is 2. The monoisotopic (exact) mass is 464 g/mol. The molecule has 2 aromatic rings. The summed E-state index contributed by atoms with van der Waals surface area (Å²) in [7, 11) is 0. The van der Waals surface area contributed by atoms with Crippen molar-refractivity contribution in [1.82, 2.24) is 5.32 Å². The number of amides is 1. The lowest BCUT2D eigenvalue weighted by atomic mass is 10.2. The maximum atomic E-state index is 12.4. The van der Waals surface area contributed by atoms with Gasteiger partial charge in [-0.2, -0.15) is 0 Å². The van der Waals surface area contributed by atoms with Gasteiger partial charge in [-0.05, 0) is 55.0 Å². The minimum Gasteiger partial charge on any atom is -0.489 e. The number of rotatable bonds is 6. The number of ether oxygens (including phenoxy) is 1. The van der Waals surface area contributed by atoms with Gasteiger partial charge in [-0.25, -0.2) is 0 Å². The van der Waals surface area contributed by atoms with Gasteiger partial charge in [0.15, 0.2) is 5.50 Å². The fourth-order valence-corrected chi connectivity index (χ4v) is 4.12. The highest BCUT2D eigenvalue weighted by Gasteiger charge is 2.27. The Bertz CT molecular complexity index is 917. The average molecular weight is 466 g/mol. The van der Waals surface area contributed by atoms with Gasteiger partial charge in [0, 0.05) is 20.7 Å².